The van der Waals surface area contributed by atoms with Crippen LogP contribution in [0.1, 0.15) is 0 Å². The van der Waals surface area contributed by atoms with Crippen molar-refractivity contribution in [1.82, 2.24) is 4.73 Å². The van der Waals surface area contributed by atoms with Crippen LogP contribution in [0.2, 0.25) is 0 Å². The number of nitrogens with two attached hydrogens (primary N) is 1. The van der Waals surface area contributed by atoms with Gasteiger partial charge in [0, 0.05) is 0 Å². The third-order valence-electron chi connectivity index (χ3n) is 1.35. The molecule has 0 aromatic carbocycles. The van der Waals surface area contributed by atoms with Gasteiger partial charge >= 0.3 is 11.9 Å². The fraction of sp³-hybridized carbons (Fsp3) is 0.400. The van der Waals surface area contributed by atoms with Crippen molar-refractivity contribution in [2.45, 2.75) is 0 Å². The highest BCUT2D eigenvalue weighted by Crippen LogP contribution is 2.22. The van der Waals surface area contributed by atoms with Crippen LogP contribution in [0.15, 0.2) is 0 Å². The maximum atomic E-state index is 11.0. The van der Waals surface area contributed by atoms with Gasteiger partial charge in [0.05, 0.1) is 14.2 Å². The van der Waals surface area contributed by atoms with Gasteiger partial charge in [-0.15, -0.1) is 0 Å². The van der Waals surface area contributed by atoms with Crippen LogP contribution in [-0.2, 0) is 0 Å². The molecule has 1 aromatic heterocycles. The van der Waals surface area contributed by atoms with Crippen LogP contribution in [0.3, 0.4) is 0 Å². The van der Waals surface area contributed by atoms with Gasteiger partial charge in [-0.2, -0.15) is 9.46 Å². The first-order valence-corrected chi connectivity index (χ1v) is 3.02. The highest BCUT2D eigenvalue weighted by atomic mass is 16.6. The summed E-state index contributed by atoms with van der Waals surface area (Å²) >= 11 is 0. The molecule has 1 aromatic rings. The van der Waals surface area contributed by atoms with E-state index in [1.165, 1.54) is 14.2 Å². The summed E-state index contributed by atoms with van der Waals surface area (Å²) in [5, 5.41) is 22.0. The molecular formula is C5H8N3O4-. The largest absolute Gasteiger partial charge is 0.707 e. The van der Waals surface area contributed by atoms with Crippen LogP contribution in [0.25, 0.3) is 0 Å². The van der Waals surface area contributed by atoms with E-state index in [4.69, 9.17) is 5.73 Å². The third-order valence-corrected chi connectivity index (χ3v) is 1.35. The SMILES string of the molecule is COc1c(N)n([O-])c(OC)[n+]1[O-]. The van der Waals surface area contributed by atoms with Crippen LogP contribution in [0.4, 0.5) is 5.82 Å². The Morgan fingerprint density at radius 2 is 2.00 bits per heavy atom. The van der Waals surface area contributed by atoms with E-state index in [1.54, 1.807) is 0 Å². The van der Waals surface area contributed by atoms with Gasteiger partial charge in [-0.3, -0.25) is 0 Å². The smallest absolute Gasteiger partial charge is 0.467 e. The minimum absolute atomic E-state index is 0.159. The average molecular weight is 174 g/mol. The molecule has 0 bridgehead atoms. The Labute approximate surface area is 68.1 Å². The number of rotatable bonds is 2. The second kappa shape index (κ2) is 2.68. The van der Waals surface area contributed by atoms with Crippen molar-refractivity contribution < 1.29 is 14.2 Å². The molecule has 0 radical (unpaired) electrons. The number of nitrogens with zero attached hydrogens (tertiary/aromatic N) is 2. The molecule has 0 aliphatic heterocycles. The number of anilines is 1. The zero-order valence-electron chi connectivity index (χ0n) is 6.60. The summed E-state index contributed by atoms with van der Waals surface area (Å²) in [6.45, 7) is 0. The fourth-order valence-electron chi connectivity index (χ4n) is 0.817. The lowest BCUT2D eigenvalue weighted by Gasteiger charge is -2.03. The van der Waals surface area contributed by atoms with Gasteiger partial charge in [-0.25, -0.2) is 0 Å². The lowest BCUT2D eigenvalue weighted by Crippen LogP contribution is -2.28. The molecule has 2 N–H and O–H groups in total. The summed E-state index contributed by atoms with van der Waals surface area (Å²) in [5.41, 5.74) is 5.21. The Kier molecular flexibility index (Phi) is 1.86. The molecule has 0 saturated carbocycles. The number of ether oxygens (including phenoxy) is 2. The molecule has 7 nitrogen and oxygen atoms in total. The molecule has 7 heteroatoms. The van der Waals surface area contributed by atoms with E-state index in [1.807, 2.05) is 0 Å². The van der Waals surface area contributed by atoms with E-state index >= 15 is 0 Å². The van der Waals surface area contributed by atoms with Gasteiger partial charge < -0.3 is 25.6 Å². The predicted molar refractivity (Wildman–Crippen MR) is 39.7 cm³/mol. The Morgan fingerprint density at radius 1 is 1.42 bits per heavy atom. The quantitative estimate of drug-likeness (QED) is 0.461. The molecule has 12 heavy (non-hydrogen) atoms. The van der Waals surface area contributed by atoms with Crippen LogP contribution in [-0.4, -0.2) is 19.0 Å². The summed E-state index contributed by atoms with van der Waals surface area (Å²) in [5.74, 6) is -0.578. The second-order valence-corrected chi connectivity index (χ2v) is 1.97. The lowest BCUT2D eigenvalue weighted by atomic mass is 10.7. The molecule has 0 spiro atoms. The first kappa shape index (κ1) is 8.31. The summed E-state index contributed by atoms with van der Waals surface area (Å²) in [4.78, 5) is 0. The van der Waals surface area contributed by atoms with Gasteiger partial charge in [0.25, 0.3) is 5.82 Å². The number of aromatic nitrogens is 2. The summed E-state index contributed by atoms with van der Waals surface area (Å²) < 4.78 is 9.39. The second-order valence-electron chi connectivity index (χ2n) is 1.97. The van der Waals surface area contributed by atoms with E-state index in [-0.39, 0.29) is 21.2 Å². The molecule has 0 aliphatic carbocycles. The van der Waals surface area contributed by atoms with Crippen LogP contribution < -0.4 is 19.9 Å². The maximum absolute atomic E-state index is 11.0. The van der Waals surface area contributed by atoms with Crippen molar-refractivity contribution in [3.8, 4) is 11.9 Å². The van der Waals surface area contributed by atoms with E-state index in [0.29, 0.717) is 0 Å². The first-order chi connectivity index (χ1) is 5.63. The van der Waals surface area contributed by atoms with E-state index in [0.717, 1.165) is 0 Å². The van der Waals surface area contributed by atoms with Crippen molar-refractivity contribution in [1.29, 1.82) is 0 Å². The Morgan fingerprint density at radius 3 is 2.25 bits per heavy atom. The minimum Gasteiger partial charge on any atom is -0.707 e. The monoisotopic (exact) mass is 174 g/mol. The number of nitrogen functional groups attached to an aromatic ring is 1. The molecule has 0 unspecified atom stereocenters. The van der Waals surface area contributed by atoms with Gasteiger partial charge in [0.1, 0.15) is 0 Å². The van der Waals surface area contributed by atoms with E-state index < -0.39 is 6.01 Å². The standard InChI is InChI=1S/C5H8N3O4/c1-11-4-3(6)7(9)5(12-2)8(4)10/h6H2,1-2H3/q-1. The van der Waals surface area contributed by atoms with Gasteiger partial charge in [-0.1, -0.05) is 0 Å². The highest BCUT2D eigenvalue weighted by Gasteiger charge is 2.22. The minimum atomic E-state index is -0.454. The average Bonchev–Trinajstić information content (AvgIpc) is 2.25. The van der Waals surface area contributed by atoms with E-state index in [2.05, 4.69) is 9.47 Å². The number of imidazole rings is 1. The Balaban J connectivity index is 3.32. The molecular weight excluding hydrogens is 166 g/mol. The zero-order chi connectivity index (χ0) is 9.30. The topological polar surface area (TPSA) is 99.4 Å². The Hall–Kier alpha value is -1.79. The van der Waals surface area contributed by atoms with Crippen LogP contribution in [0, 0.1) is 10.4 Å². The van der Waals surface area contributed by atoms with Crippen molar-refractivity contribution >= 4 is 5.82 Å². The van der Waals surface area contributed by atoms with Gasteiger partial charge in [-0.05, 0) is 0 Å². The molecule has 1 rings (SSSR count). The predicted octanol–water partition coefficient (Wildman–Crippen LogP) is -0.933. The molecule has 0 fully saturated rings. The van der Waals surface area contributed by atoms with Crippen LogP contribution in [0.5, 0.6) is 11.9 Å². The van der Waals surface area contributed by atoms with Crippen molar-refractivity contribution in [2.75, 3.05) is 20.0 Å². The fourth-order valence-corrected chi connectivity index (χ4v) is 0.817. The summed E-state index contributed by atoms with van der Waals surface area (Å²) in [7, 11) is 2.43. The van der Waals surface area contributed by atoms with E-state index in [9.17, 15) is 10.4 Å². The van der Waals surface area contributed by atoms with Crippen molar-refractivity contribution in [2.24, 2.45) is 0 Å². The van der Waals surface area contributed by atoms with Crippen molar-refractivity contribution in [3.63, 3.8) is 0 Å². The number of hydrogen-bond acceptors (Lipinski definition) is 5. The molecule has 68 valence electrons. The summed E-state index contributed by atoms with van der Waals surface area (Å²) in [6, 6.07) is -0.454. The van der Waals surface area contributed by atoms with Crippen LogP contribution >= 0.6 is 0 Å². The third kappa shape index (κ3) is 0.865. The molecule has 1 heterocycles. The number of methoxy groups -OCH3 is 2. The molecule has 0 saturated heterocycles. The lowest BCUT2D eigenvalue weighted by molar-refractivity contribution is -0.617. The zero-order valence-corrected chi connectivity index (χ0v) is 6.60. The van der Waals surface area contributed by atoms with Crippen molar-refractivity contribution in [3.05, 3.63) is 10.4 Å². The number of hydrogen-bond donors (Lipinski definition) is 1. The molecule has 0 atom stereocenters. The Bertz CT molecular complexity index is 268. The first-order valence-electron chi connectivity index (χ1n) is 3.02. The van der Waals surface area contributed by atoms with Gasteiger partial charge in [0.15, 0.2) is 0 Å². The summed E-state index contributed by atoms with van der Waals surface area (Å²) in [6.07, 6.45) is 0. The van der Waals surface area contributed by atoms with Gasteiger partial charge in [0.2, 0.25) is 0 Å². The highest BCUT2D eigenvalue weighted by molar-refractivity contribution is 5.41. The molecule has 0 amide bonds. The maximum Gasteiger partial charge on any atom is 0.467 e. The normalized spacial score (nSPS) is 9.83. The molecule has 0 aliphatic rings.